The quantitative estimate of drug-likeness (QED) is 0.486. The third-order valence-corrected chi connectivity index (χ3v) is 3.32. The van der Waals surface area contributed by atoms with Gasteiger partial charge in [0.2, 0.25) is 0 Å². The number of benzene rings is 1. The van der Waals surface area contributed by atoms with Gasteiger partial charge in [-0.1, -0.05) is 13.0 Å². The van der Waals surface area contributed by atoms with Crippen molar-refractivity contribution in [3.05, 3.63) is 35.9 Å². The fourth-order valence-corrected chi connectivity index (χ4v) is 1.91. The minimum Gasteiger partial charge on any atom is -0.466 e. The van der Waals surface area contributed by atoms with Crippen LogP contribution >= 0.6 is 11.8 Å². The minimum absolute atomic E-state index is 0.253. The number of thioether (sulfide) groups is 1. The van der Waals surface area contributed by atoms with E-state index in [9.17, 15) is 4.79 Å². The minimum atomic E-state index is -0.253. The van der Waals surface area contributed by atoms with Gasteiger partial charge in [-0.2, -0.15) is 0 Å². The summed E-state index contributed by atoms with van der Waals surface area (Å²) in [6, 6.07) is 8.20. The van der Waals surface area contributed by atoms with Crippen molar-refractivity contribution >= 4 is 23.4 Å². The predicted octanol–water partition coefficient (Wildman–Crippen LogP) is 3.33. The molecule has 98 valence electrons. The highest BCUT2D eigenvalue weighted by Crippen LogP contribution is 2.17. The Morgan fingerprint density at radius 3 is 2.56 bits per heavy atom. The maximum atomic E-state index is 11.3. The van der Waals surface area contributed by atoms with E-state index in [-0.39, 0.29) is 5.97 Å². The maximum Gasteiger partial charge on any atom is 0.333 e. The first-order valence-corrected chi connectivity index (χ1v) is 7.09. The lowest BCUT2D eigenvalue weighted by molar-refractivity contribution is -0.136. The van der Waals surface area contributed by atoms with Gasteiger partial charge in [0.25, 0.3) is 0 Å². The number of hydrogen-bond donors (Lipinski definition) is 1. The molecule has 0 radical (unpaired) electrons. The fourth-order valence-electron chi connectivity index (χ4n) is 1.50. The Hall–Kier alpha value is -1.42. The second-order valence-corrected chi connectivity index (χ2v) is 4.56. The first-order chi connectivity index (χ1) is 8.71. The molecule has 0 aliphatic heterocycles. The van der Waals surface area contributed by atoms with Crippen LogP contribution in [0.3, 0.4) is 0 Å². The van der Waals surface area contributed by atoms with E-state index < -0.39 is 0 Å². The smallest absolute Gasteiger partial charge is 0.333 e. The molecule has 0 heterocycles. The second-order valence-electron chi connectivity index (χ2n) is 3.68. The summed E-state index contributed by atoms with van der Waals surface area (Å²) in [7, 11) is 1.40. The van der Waals surface area contributed by atoms with Crippen LogP contribution in [0.2, 0.25) is 0 Å². The summed E-state index contributed by atoms with van der Waals surface area (Å²) in [5.74, 6) is -0.253. The molecular formula is C14H19NO2S. The molecule has 0 saturated carbocycles. The van der Waals surface area contributed by atoms with E-state index in [2.05, 4.69) is 23.7 Å². The molecule has 0 fully saturated rings. The van der Waals surface area contributed by atoms with Crippen LogP contribution in [0.4, 0.5) is 5.69 Å². The zero-order valence-corrected chi connectivity index (χ0v) is 11.8. The zero-order chi connectivity index (χ0) is 13.4. The summed E-state index contributed by atoms with van der Waals surface area (Å²) in [6.07, 6.45) is 4.60. The number of hydrogen-bond acceptors (Lipinski definition) is 4. The standard InChI is InChI=1S/C14H19NO2S/c1-4-11(14(16)17-2)9-10-15-12-5-7-13(18-3)8-6-12/h5-9,15H,4,10H2,1-3H3/b11-9-. The molecule has 0 atom stereocenters. The van der Waals surface area contributed by atoms with Crippen LogP contribution in [-0.4, -0.2) is 25.9 Å². The predicted molar refractivity (Wildman–Crippen MR) is 77.1 cm³/mol. The van der Waals surface area contributed by atoms with Gasteiger partial charge in [-0.25, -0.2) is 4.79 Å². The molecule has 1 aromatic rings. The Bertz CT molecular complexity index is 412. The highest BCUT2D eigenvalue weighted by atomic mass is 32.2. The van der Waals surface area contributed by atoms with Crippen molar-refractivity contribution in [3.8, 4) is 0 Å². The van der Waals surface area contributed by atoms with Crippen LogP contribution < -0.4 is 5.32 Å². The average Bonchev–Trinajstić information content (AvgIpc) is 2.43. The Morgan fingerprint density at radius 2 is 2.06 bits per heavy atom. The van der Waals surface area contributed by atoms with E-state index in [0.29, 0.717) is 18.5 Å². The second kappa shape index (κ2) is 7.82. The van der Waals surface area contributed by atoms with Crippen molar-refractivity contribution in [2.75, 3.05) is 25.2 Å². The Labute approximate surface area is 113 Å². The highest BCUT2D eigenvalue weighted by molar-refractivity contribution is 7.98. The number of rotatable bonds is 6. The van der Waals surface area contributed by atoms with E-state index in [0.717, 1.165) is 5.69 Å². The number of methoxy groups -OCH3 is 1. The summed E-state index contributed by atoms with van der Waals surface area (Å²) in [5, 5.41) is 3.25. The molecule has 0 aliphatic carbocycles. The Morgan fingerprint density at radius 1 is 1.39 bits per heavy atom. The fraction of sp³-hybridized carbons (Fsp3) is 0.357. The van der Waals surface area contributed by atoms with Crippen LogP contribution in [0.25, 0.3) is 0 Å². The molecule has 18 heavy (non-hydrogen) atoms. The number of nitrogens with one attached hydrogen (secondary N) is 1. The molecule has 0 unspecified atom stereocenters. The third kappa shape index (κ3) is 4.45. The number of ether oxygens (including phenoxy) is 1. The lowest BCUT2D eigenvalue weighted by atomic mass is 10.2. The molecule has 0 amide bonds. The van der Waals surface area contributed by atoms with Crippen LogP contribution in [0.5, 0.6) is 0 Å². The zero-order valence-electron chi connectivity index (χ0n) is 11.0. The topological polar surface area (TPSA) is 38.3 Å². The van der Waals surface area contributed by atoms with Gasteiger partial charge in [0.15, 0.2) is 0 Å². The summed E-state index contributed by atoms with van der Waals surface area (Å²) in [6.45, 7) is 2.56. The average molecular weight is 265 g/mol. The molecule has 1 aromatic carbocycles. The van der Waals surface area contributed by atoms with Gasteiger partial charge in [-0.3, -0.25) is 0 Å². The lowest BCUT2D eigenvalue weighted by Gasteiger charge is -2.06. The molecule has 1 rings (SSSR count). The van der Waals surface area contributed by atoms with Crippen LogP contribution in [-0.2, 0) is 9.53 Å². The largest absolute Gasteiger partial charge is 0.466 e. The Balaban J connectivity index is 2.53. The molecule has 0 spiro atoms. The van der Waals surface area contributed by atoms with Gasteiger partial charge in [0.05, 0.1) is 7.11 Å². The van der Waals surface area contributed by atoms with E-state index >= 15 is 0 Å². The normalized spacial score (nSPS) is 11.2. The lowest BCUT2D eigenvalue weighted by Crippen LogP contribution is -2.07. The van der Waals surface area contributed by atoms with Gasteiger partial charge in [-0.15, -0.1) is 11.8 Å². The monoisotopic (exact) mass is 265 g/mol. The van der Waals surface area contributed by atoms with E-state index in [4.69, 9.17) is 4.74 Å². The number of anilines is 1. The van der Waals surface area contributed by atoms with E-state index in [1.54, 1.807) is 11.8 Å². The molecule has 4 heteroatoms. The summed E-state index contributed by atoms with van der Waals surface area (Å²) in [4.78, 5) is 12.6. The summed E-state index contributed by atoms with van der Waals surface area (Å²) >= 11 is 1.72. The van der Waals surface area contributed by atoms with Gasteiger partial charge >= 0.3 is 5.97 Å². The molecule has 0 aromatic heterocycles. The first-order valence-electron chi connectivity index (χ1n) is 5.86. The SMILES string of the molecule is CC/C(=C/CNc1ccc(SC)cc1)C(=O)OC. The van der Waals surface area contributed by atoms with E-state index in [1.807, 2.05) is 25.1 Å². The maximum absolute atomic E-state index is 11.3. The van der Waals surface area contributed by atoms with Crippen molar-refractivity contribution in [2.45, 2.75) is 18.2 Å². The van der Waals surface area contributed by atoms with E-state index in [1.165, 1.54) is 12.0 Å². The third-order valence-electron chi connectivity index (χ3n) is 2.57. The first kappa shape index (κ1) is 14.6. The number of esters is 1. The number of carbonyl (C=O) groups excluding carboxylic acids is 1. The molecule has 0 saturated heterocycles. The molecule has 3 nitrogen and oxygen atoms in total. The molecule has 0 aliphatic rings. The van der Waals surface area contributed by atoms with Crippen molar-refractivity contribution in [1.29, 1.82) is 0 Å². The Kier molecular flexibility index (Phi) is 6.36. The van der Waals surface area contributed by atoms with Gasteiger partial charge in [0.1, 0.15) is 0 Å². The van der Waals surface area contributed by atoms with Crippen LogP contribution in [0.1, 0.15) is 13.3 Å². The highest BCUT2D eigenvalue weighted by Gasteiger charge is 2.05. The van der Waals surface area contributed by atoms with Crippen molar-refractivity contribution in [3.63, 3.8) is 0 Å². The van der Waals surface area contributed by atoms with Crippen LogP contribution in [0, 0.1) is 0 Å². The van der Waals surface area contributed by atoms with Gasteiger partial charge in [0, 0.05) is 22.7 Å². The van der Waals surface area contributed by atoms with Crippen molar-refractivity contribution < 1.29 is 9.53 Å². The summed E-state index contributed by atoms with van der Waals surface area (Å²) < 4.78 is 4.70. The summed E-state index contributed by atoms with van der Waals surface area (Å²) in [5.41, 5.74) is 1.75. The molecule has 0 bridgehead atoms. The number of carbonyl (C=O) groups is 1. The van der Waals surface area contributed by atoms with Crippen LogP contribution in [0.15, 0.2) is 40.8 Å². The molecule has 1 N–H and O–H groups in total. The molecular weight excluding hydrogens is 246 g/mol. The van der Waals surface area contributed by atoms with Crippen molar-refractivity contribution in [1.82, 2.24) is 0 Å². The van der Waals surface area contributed by atoms with Gasteiger partial charge < -0.3 is 10.1 Å². The van der Waals surface area contributed by atoms with Crippen molar-refractivity contribution in [2.24, 2.45) is 0 Å². The van der Waals surface area contributed by atoms with Gasteiger partial charge in [-0.05, 0) is 36.9 Å².